The highest BCUT2D eigenvalue weighted by molar-refractivity contribution is 7.92. The Labute approximate surface area is 229 Å². The van der Waals surface area contributed by atoms with Gasteiger partial charge in [0.05, 0.1) is 21.8 Å². The summed E-state index contributed by atoms with van der Waals surface area (Å²) in [6.45, 7) is 9.76. The number of alkyl halides is 3. The second kappa shape index (κ2) is 12.4. The number of benzene rings is 2. The van der Waals surface area contributed by atoms with E-state index < -0.39 is 28.1 Å². The number of halogens is 3. The number of carboxylic acid groups (broad SMARTS) is 2. The van der Waals surface area contributed by atoms with E-state index in [4.69, 9.17) is 14.4 Å². The van der Waals surface area contributed by atoms with E-state index in [1.807, 2.05) is 38.7 Å². The molecule has 0 saturated heterocycles. The maximum absolute atomic E-state index is 13.0. The fraction of sp³-hybridized carbons (Fsp3) is 0.346. The largest absolute Gasteiger partial charge is 0.490 e. The van der Waals surface area contributed by atoms with Crippen LogP contribution in [0, 0.1) is 34.6 Å². The van der Waals surface area contributed by atoms with Crippen molar-refractivity contribution in [3.8, 4) is 0 Å². The van der Waals surface area contributed by atoms with Crippen LogP contribution < -0.4 is 9.62 Å². The number of sulfonamides is 1. The van der Waals surface area contributed by atoms with Crippen molar-refractivity contribution >= 4 is 33.3 Å². The molecule has 0 saturated carbocycles. The Morgan fingerprint density at radius 3 is 2.08 bits per heavy atom. The van der Waals surface area contributed by atoms with Crippen LogP contribution in [0.15, 0.2) is 39.8 Å². The molecular weight excluding hydrogens is 555 g/mol. The van der Waals surface area contributed by atoms with Crippen LogP contribution in [-0.4, -0.2) is 55.5 Å². The average Bonchev–Trinajstić information content (AvgIpc) is 3.16. The standard InChI is InChI=1S/C24H29N3O5S.C2HF3O2/c1-14-11-16(3)23(12-15(14)2)33(30,31)26-19-7-8-22(21(13-19)24(28)29)27(6)10-9-20-17(4)25-32-18(20)5;3-2(4,5)1(6)7/h7-8,11-13,26H,9-10H2,1-6H3,(H,28,29);(H,6,7). The molecule has 218 valence electrons. The predicted molar refractivity (Wildman–Crippen MR) is 142 cm³/mol. The number of hydrogen-bond donors (Lipinski definition) is 3. The molecule has 3 N–H and O–H groups in total. The molecule has 10 nitrogen and oxygen atoms in total. The molecule has 0 aliphatic heterocycles. The molecule has 3 aromatic rings. The lowest BCUT2D eigenvalue weighted by atomic mass is 10.1. The molecule has 0 atom stereocenters. The number of rotatable bonds is 8. The number of aryl methyl sites for hydroxylation is 5. The molecule has 0 radical (unpaired) electrons. The highest BCUT2D eigenvalue weighted by Gasteiger charge is 2.38. The third-order valence-corrected chi connectivity index (χ3v) is 7.62. The van der Waals surface area contributed by atoms with E-state index in [0.717, 1.165) is 28.1 Å². The normalized spacial score (nSPS) is 11.4. The molecule has 2 aromatic carbocycles. The molecule has 0 bridgehead atoms. The lowest BCUT2D eigenvalue weighted by Crippen LogP contribution is -2.23. The summed E-state index contributed by atoms with van der Waals surface area (Å²) in [5.41, 5.74) is 4.98. The first kappa shape index (κ1) is 32.1. The van der Waals surface area contributed by atoms with E-state index in [2.05, 4.69) is 9.88 Å². The van der Waals surface area contributed by atoms with Gasteiger partial charge in [-0.1, -0.05) is 11.2 Å². The smallest absolute Gasteiger partial charge is 0.478 e. The first-order valence-corrected chi connectivity index (χ1v) is 13.2. The van der Waals surface area contributed by atoms with Crippen LogP contribution in [0.4, 0.5) is 24.5 Å². The van der Waals surface area contributed by atoms with E-state index in [1.54, 1.807) is 32.2 Å². The first-order valence-electron chi connectivity index (χ1n) is 11.8. The van der Waals surface area contributed by atoms with Crippen molar-refractivity contribution in [2.45, 2.75) is 52.1 Å². The molecule has 1 heterocycles. The lowest BCUT2D eigenvalue weighted by molar-refractivity contribution is -0.192. The minimum Gasteiger partial charge on any atom is -0.478 e. The highest BCUT2D eigenvalue weighted by Crippen LogP contribution is 2.28. The monoisotopic (exact) mass is 585 g/mol. The summed E-state index contributed by atoms with van der Waals surface area (Å²) < 4.78 is 65.4. The third kappa shape index (κ3) is 7.97. The lowest BCUT2D eigenvalue weighted by Gasteiger charge is -2.22. The van der Waals surface area contributed by atoms with Crippen molar-refractivity contribution in [2.24, 2.45) is 0 Å². The van der Waals surface area contributed by atoms with Gasteiger partial charge < -0.3 is 19.6 Å². The van der Waals surface area contributed by atoms with Gasteiger partial charge in [0.25, 0.3) is 10.0 Å². The molecule has 0 aliphatic carbocycles. The van der Waals surface area contributed by atoms with Crippen molar-refractivity contribution < 1.29 is 45.9 Å². The van der Waals surface area contributed by atoms with Gasteiger partial charge in [0.2, 0.25) is 0 Å². The van der Waals surface area contributed by atoms with E-state index in [0.29, 0.717) is 24.2 Å². The Bertz CT molecular complexity index is 1500. The number of aromatic nitrogens is 1. The zero-order valence-corrected chi connectivity index (χ0v) is 23.5. The Morgan fingerprint density at radius 2 is 1.57 bits per heavy atom. The Kier molecular flexibility index (Phi) is 9.97. The van der Waals surface area contributed by atoms with Crippen molar-refractivity contribution in [2.75, 3.05) is 23.2 Å². The van der Waals surface area contributed by atoms with E-state index >= 15 is 0 Å². The van der Waals surface area contributed by atoms with Gasteiger partial charge in [-0.15, -0.1) is 0 Å². The molecule has 3 rings (SSSR count). The van der Waals surface area contributed by atoms with Crippen molar-refractivity contribution in [1.82, 2.24) is 5.16 Å². The van der Waals surface area contributed by atoms with Crippen LogP contribution in [-0.2, 0) is 21.2 Å². The molecule has 0 fully saturated rings. The molecule has 0 unspecified atom stereocenters. The summed E-state index contributed by atoms with van der Waals surface area (Å²) in [4.78, 5) is 22.8. The number of anilines is 2. The fourth-order valence-electron chi connectivity index (χ4n) is 3.80. The van der Waals surface area contributed by atoms with Gasteiger partial charge in [0, 0.05) is 24.8 Å². The first-order chi connectivity index (χ1) is 18.3. The number of hydrogen-bond acceptors (Lipinski definition) is 7. The van der Waals surface area contributed by atoms with Crippen molar-refractivity contribution in [3.63, 3.8) is 0 Å². The van der Waals surface area contributed by atoms with Crippen molar-refractivity contribution in [1.29, 1.82) is 0 Å². The number of carbonyl (C=O) groups is 2. The maximum Gasteiger partial charge on any atom is 0.490 e. The molecule has 0 spiro atoms. The van der Waals surface area contributed by atoms with Crippen LogP contribution in [0.1, 0.15) is 44.1 Å². The van der Waals surface area contributed by atoms with Crippen LogP contribution >= 0.6 is 0 Å². The van der Waals surface area contributed by atoms with Gasteiger partial charge in [-0.25, -0.2) is 18.0 Å². The number of nitrogens with zero attached hydrogens (tertiary/aromatic N) is 2. The average molecular weight is 586 g/mol. The van der Waals surface area contributed by atoms with Crippen molar-refractivity contribution in [3.05, 3.63) is 69.6 Å². The van der Waals surface area contributed by atoms with Crippen LogP contribution in [0.3, 0.4) is 0 Å². The minimum atomic E-state index is -5.08. The molecular formula is C26H30F3N3O7S. The molecule has 0 amide bonds. The Hall–Kier alpha value is -4.07. The minimum absolute atomic E-state index is 0.00766. The zero-order chi connectivity index (χ0) is 30.6. The number of aliphatic carboxylic acids is 1. The summed E-state index contributed by atoms with van der Waals surface area (Å²) in [5.74, 6) is -3.16. The number of nitrogens with one attached hydrogen (secondary N) is 1. The van der Waals surface area contributed by atoms with Crippen LogP contribution in [0.5, 0.6) is 0 Å². The van der Waals surface area contributed by atoms with Gasteiger partial charge >= 0.3 is 18.1 Å². The van der Waals surface area contributed by atoms with Gasteiger partial charge in [-0.05, 0) is 82.0 Å². The highest BCUT2D eigenvalue weighted by atomic mass is 32.2. The van der Waals surface area contributed by atoms with Crippen LogP contribution in [0.2, 0.25) is 0 Å². The fourth-order valence-corrected chi connectivity index (χ4v) is 5.16. The van der Waals surface area contributed by atoms with Gasteiger partial charge in [-0.3, -0.25) is 4.72 Å². The zero-order valence-electron chi connectivity index (χ0n) is 22.7. The topological polar surface area (TPSA) is 150 Å². The van der Waals surface area contributed by atoms with Crippen LogP contribution in [0.25, 0.3) is 0 Å². The molecule has 14 heteroatoms. The summed E-state index contributed by atoms with van der Waals surface area (Å²) in [5, 5.41) is 20.8. The van der Waals surface area contributed by atoms with Gasteiger partial charge in [0.1, 0.15) is 5.76 Å². The molecule has 1 aromatic heterocycles. The number of aromatic carboxylic acids is 1. The second-order valence-corrected chi connectivity index (χ2v) is 10.8. The summed E-state index contributed by atoms with van der Waals surface area (Å²) >= 11 is 0. The number of carboxylic acids is 2. The van der Waals surface area contributed by atoms with E-state index in [9.17, 15) is 31.5 Å². The second-order valence-electron chi connectivity index (χ2n) is 9.12. The van der Waals surface area contributed by atoms with Gasteiger partial charge in [0.15, 0.2) is 0 Å². The quantitative estimate of drug-likeness (QED) is 0.331. The maximum atomic E-state index is 13.0. The summed E-state index contributed by atoms with van der Waals surface area (Å²) in [6, 6.07) is 7.98. The third-order valence-electron chi connectivity index (χ3n) is 6.09. The molecule has 0 aliphatic rings. The molecule has 40 heavy (non-hydrogen) atoms. The SMILES string of the molecule is Cc1cc(C)c(S(=O)(=O)Nc2ccc(N(C)CCc3c(C)noc3C)c(C(=O)O)c2)cc1C.O=C(O)C(F)(F)F. The Morgan fingerprint density at radius 1 is 1.00 bits per heavy atom. The Balaban J connectivity index is 0.000000708. The summed E-state index contributed by atoms with van der Waals surface area (Å²) in [7, 11) is -2.09. The van der Waals surface area contributed by atoms with Gasteiger partial charge in [-0.2, -0.15) is 13.2 Å². The number of likely N-dealkylation sites (N-methyl/N-ethyl adjacent to an activating group) is 1. The van der Waals surface area contributed by atoms with E-state index in [-0.39, 0.29) is 16.1 Å². The predicted octanol–water partition coefficient (Wildman–Crippen LogP) is 5.03. The van der Waals surface area contributed by atoms with E-state index in [1.165, 1.54) is 6.07 Å². The summed E-state index contributed by atoms with van der Waals surface area (Å²) in [6.07, 6.45) is -4.45.